The summed E-state index contributed by atoms with van der Waals surface area (Å²) in [6, 6.07) is 28.1. The zero-order valence-electron chi connectivity index (χ0n) is 16.3. The quantitative estimate of drug-likeness (QED) is 0.412. The lowest BCUT2D eigenvalue weighted by Crippen LogP contribution is -2.23. The molecule has 3 nitrogen and oxygen atoms in total. The first-order chi connectivity index (χ1) is 14.7. The molecule has 1 aliphatic rings. The molecule has 1 amide bonds. The van der Waals surface area contributed by atoms with Gasteiger partial charge in [0.25, 0.3) is 0 Å². The van der Waals surface area contributed by atoms with Gasteiger partial charge in [-0.15, -0.1) is 0 Å². The topological polar surface area (TPSA) is 38.3 Å². The molecule has 1 aliphatic heterocycles. The minimum atomic E-state index is 0.0187. The number of fused-ring (bicyclic) bond motifs is 3. The number of carbonyl (C=O) groups excluding carboxylic acids is 1. The maximum absolute atomic E-state index is 12.4. The van der Waals surface area contributed by atoms with Gasteiger partial charge in [-0.1, -0.05) is 66.2 Å². The number of hydrogen-bond acceptors (Lipinski definition) is 2. The number of rotatable bonds is 4. The predicted octanol–water partition coefficient (Wildman–Crippen LogP) is 6.55. The molecule has 0 saturated carbocycles. The van der Waals surface area contributed by atoms with Crippen LogP contribution in [0.5, 0.6) is 5.75 Å². The minimum absolute atomic E-state index is 0.0187. The zero-order chi connectivity index (χ0) is 20.5. The Bertz CT molecular complexity index is 1220. The average Bonchev–Trinajstić information content (AvgIpc) is 2.78. The Morgan fingerprint density at radius 2 is 1.67 bits per heavy atom. The van der Waals surface area contributed by atoms with E-state index in [0.29, 0.717) is 18.1 Å². The Balaban J connectivity index is 1.43. The molecular formula is C26H20ClNO2. The Morgan fingerprint density at radius 1 is 0.900 bits per heavy atom. The van der Waals surface area contributed by atoms with E-state index in [4.69, 9.17) is 16.3 Å². The molecule has 30 heavy (non-hydrogen) atoms. The van der Waals surface area contributed by atoms with E-state index in [2.05, 4.69) is 35.6 Å². The van der Waals surface area contributed by atoms with E-state index >= 15 is 0 Å². The van der Waals surface area contributed by atoms with Crippen LogP contribution in [0.1, 0.15) is 29.0 Å². The fourth-order valence-electron chi connectivity index (χ4n) is 4.10. The molecule has 0 aromatic heterocycles. The zero-order valence-corrected chi connectivity index (χ0v) is 17.0. The van der Waals surface area contributed by atoms with Gasteiger partial charge in [0.05, 0.1) is 0 Å². The van der Waals surface area contributed by atoms with Gasteiger partial charge in [0.1, 0.15) is 12.4 Å². The molecule has 0 fully saturated rings. The Hall–Kier alpha value is -3.30. The molecule has 1 N–H and O–H groups in total. The number of hydrogen-bond donors (Lipinski definition) is 1. The fraction of sp³-hybridized carbons (Fsp3) is 0.115. The van der Waals surface area contributed by atoms with Gasteiger partial charge >= 0.3 is 0 Å². The number of nitrogens with one attached hydrogen (secondary N) is 1. The van der Waals surface area contributed by atoms with Crippen molar-refractivity contribution >= 4 is 34.0 Å². The van der Waals surface area contributed by atoms with Crippen molar-refractivity contribution in [2.75, 3.05) is 5.32 Å². The molecule has 0 spiro atoms. The summed E-state index contributed by atoms with van der Waals surface area (Å²) >= 11 is 5.93. The first kappa shape index (κ1) is 18.7. The van der Waals surface area contributed by atoms with Crippen LogP contribution < -0.4 is 10.1 Å². The molecule has 4 aromatic rings. The van der Waals surface area contributed by atoms with Gasteiger partial charge in [-0.3, -0.25) is 4.79 Å². The standard InChI is InChI=1S/C26H20ClNO2/c27-20-10-5-17(6-11-20)16-30-21-12-7-19(8-13-21)23-15-25(29)28-24-14-9-18-3-1-2-4-22(18)26(23)24/h1-14,23H,15-16H2,(H,28,29). The van der Waals surface area contributed by atoms with Gasteiger partial charge in [-0.05, 0) is 57.8 Å². The number of halogens is 1. The molecule has 1 atom stereocenters. The summed E-state index contributed by atoms with van der Waals surface area (Å²) in [6.45, 7) is 0.482. The molecular weight excluding hydrogens is 394 g/mol. The number of ether oxygens (including phenoxy) is 1. The van der Waals surface area contributed by atoms with Gasteiger partial charge < -0.3 is 10.1 Å². The van der Waals surface area contributed by atoms with E-state index < -0.39 is 0 Å². The third-order valence-electron chi connectivity index (χ3n) is 5.58. The second-order valence-electron chi connectivity index (χ2n) is 7.54. The largest absolute Gasteiger partial charge is 0.489 e. The van der Waals surface area contributed by atoms with Crippen molar-refractivity contribution in [3.05, 3.63) is 107 Å². The Morgan fingerprint density at radius 3 is 2.47 bits per heavy atom. The summed E-state index contributed by atoms with van der Waals surface area (Å²) in [6.07, 6.45) is 0.436. The van der Waals surface area contributed by atoms with Crippen molar-refractivity contribution in [3.63, 3.8) is 0 Å². The highest BCUT2D eigenvalue weighted by Gasteiger charge is 2.28. The van der Waals surface area contributed by atoms with Gasteiger partial charge in [0.15, 0.2) is 0 Å². The third kappa shape index (κ3) is 3.64. The van der Waals surface area contributed by atoms with Crippen LogP contribution in [0.4, 0.5) is 5.69 Å². The van der Waals surface area contributed by atoms with E-state index in [9.17, 15) is 4.79 Å². The van der Waals surface area contributed by atoms with Gasteiger partial charge in [0.2, 0.25) is 5.91 Å². The number of benzene rings is 4. The first-order valence-corrected chi connectivity index (χ1v) is 10.3. The third-order valence-corrected chi connectivity index (χ3v) is 5.84. The van der Waals surface area contributed by atoms with Crippen LogP contribution in [0.3, 0.4) is 0 Å². The maximum Gasteiger partial charge on any atom is 0.225 e. The van der Waals surface area contributed by atoms with E-state index in [0.717, 1.165) is 22.6 Å². The smallest absolute Gasteiger partial charge is 0.225 e. The molecule has 5 rings (SSSR count). The van der Waals surface area contributed by atoms with Gasteiger partial charge in [-0.2, -0.15) is 0 Å². The number of anilines is 1. The van der Waals surface area contributed by atoms with Gasteiger partial charge in [-0.25, -0.2) is 0 Å². The Kier molecular flexibility index (Phi) is 4.89. The molecule has 4 aromatic carbocycles. The SMILES string of the molecule is O=C1CC(c2ccc(OCc3ccc(Cl)cc3)cc2)c2c(ccc3ccccc23)N1. The fourth-order valence-corrected chi connectivity index (χ4v) is 4.22. The lowest BCUT2D eigenvalue weighted by atomic mass is 9.82. The van der Waals surface area contributed by atoms with Crippen LogP contribution in [-0.2, 0) is 11.4 Å². The highest BCUT2D eigenvalue weighted by atomic mass is 35.5. The van der Waals surface area contributed by atoms with E-state index in [1.54, 1.807) is 0 Å². The second kappa shape index (κ2) is 7.85. The van der Waals surface area contributed by atoms with Crippen molar-refractivity contribution in [1.82, 2.24) is 0 Å². The van der Waals surface area contributed by atoms with Crippen LogP contribution in [0.15, 0.2) is 84.9 Å². The van der Waals surface area contributed by atoms with Crippen LogP contribution in [-0.4, -0.2) is 5.91 Å². The molecule has 0 saturated heterocycles. The highest BCUT2D eigenvalue weighted by Crippen LogP contribution is 2.41. The van der Waals surface area contributed by atoms with Crippen molar-refractivity contribution in [2.24, 2.45) is 0 Å². The summed E-state index contributed by atoms with van der Waals surface area (Å²) in [5, 5.41) is 6.11. The predicted molar refractivity (Wildman–Crippen MR) is 121 cm³/mol. The lowest BCUT2D eigenvalue weighted by molar-refractivity contribution is -0.116. The summed E-state index contributed by atoms with van der Waals surface area (Å²) < 4.78 is 5.91. The molecule has 1 unspecified atom stereocenters. The van der Waals surface area contributed by atoms with E-state index in [-0.39, 0.29) is 11.8 Å². The van der Waals surface area contributed by atoms with Crippen molar-refractivity contribution in [1.29, 1.82) is 0 Å². The van der Waals surface area contributed by atoms with Crippen LogP contribution in [0, 0.1) is 0 Å². The van der Waals surface area contributed by atoms with Crippen LogP contribution >= 0.6 is 11.6 Å². The monoisotopic (exact) mass is 413 g/mol. The van der Waals surface area contributed by atoms with Gasteiger partial charge in [0, 0.05) is 23.0 Å². The summed E-state index contributed by atoms with van der Waals surface area (Å²) in [5.74, 6) is 0.864. The lowest BCUT2D eigenvalue weighted by Gasteiger charge is -2.27. The van der Waals surface area contributed by atoms with Crippen molar-refractivity contribution in [2.45, 2.75) is 18.9 Å². The minimum Gasteiger partial charge on any atom is -0.489 e. The Labute approximate surface area is 180 Å². The molecule has 1 heterocycles. The highest BCUT2D eigenvalue weighted by molar-refractivity contribution is 6.30. The van der Waals surface area contributed by atoms with Crippen molar-refractivity contribution in [3.8, 4) is 5.75 Å². The van der Waals surface area contributed by atoms with Crippen LogP contribution in [0.2, 0.25) is 5.02 Å². The molecule has 148 valence electrons. The molecule has 0 radical (unpaired) electrons. The summed E-state index contributed by atoms with van der Waals surface area (Å²) in [4.78, 5) is 12.4. The number of carbonyl (C=O) groups is 1. The molecule has 0 bridgehead atoms. The first-order valence-electron chi connectivity index (χ1n) is 9.96. The van der Waals surface area contributed by atoms with Crippen molar-refractivity contribution < 1.29 is 9.53 Å². The van der Waals surface area contributed by atoms with E-state index in [1.807, 2.05) is 54.6 Å². The summed E-state index contributed by atoms with van der Waals surface area (Å²) in [5.41, 5.74) is 4.26. The summed E-state index contributed by atoms with van der Waals surface area (Å²) in [7, 11) is 0. The normalized spacial score (nSPS) is 15.5. The molecule has 4 heteroatoms. The average molecular weight is 414 g/mol. The number of amides is 1. The second-order valence-corrected chi connectivity index (χ2v) is 7.97. The van der Waals surface area contributed by atoms with Crippen LogP contribution in [0.25, 0.3) is 10.8 Å². The van der Waals surface area contributed by atoms with E-state index in [1.165, 1.54) is 16.3 Å². The maximum atomic E-state index is 12.4. The molecule has 0 aliphatic carbocycles.